The number of carbonyl (C=O) groups is 2. The van der Waals surface area contributed by atoms with Gasteiger partial charge < -0.3 is 19.5 Å². The van der Waals surface area contributed by atoms with Crippen LogP contribution in [0.3, 0.4) is 0 Å². The van der Waals surface area contributed by atoms with Crippen molar-refractivity contribution in [2.45, 2.75) is 17.9 Å². The first-order valence-electron chi connectivity index (χ1n) is 8.16. The highest BCUT2D eigenvalue weighted by atomic mass is 35.5. The number of nitrogens with zero attached hydrogens (tertiary/aromatic N) is 1. The fourth-order valence-electron chi connectivity index (χ4n) is 2.25. The molecule has 2 heterocycles. The van der Waals surface area contributed by atoms with Gasteiger partial charge in [0.05, 0.1) is 11.4 Å². The summed E-state index contributed by atoms with van der Waals surface area (Å²) in [5.41, 5.74) is 0.359. The maximum absolute atomic E-state index is 12.1. The first-order chi connectivity index (χ1) is 13.0. The molecule has 1 aliphatic heterocycles. The second kappa shape index (κ2) is 8.96. The van der Waals surface area contributed by atoms with Crippen molar-refractivity contribution in [1.29, 1.82) is 0 Å². The molecule has 0 spiro atoms. The van der Waals surface area contributed by atoms with Crippen molar-refractivity contribution in [1.82, 2.24) is 4.98 Å². The molecule has 0 fully saturated rings. The van der Waals surface area contributed by atoms with Gasteiger partial charge in [-0.15, -0.1) is 11.8 Å². The largest absolute Gasteiger partial charge is 0.486 e. The molecular weight excluding hydrogens is 392 g/mol. The molecule has 1 aromatic heterocycles. The molecule has 1 aliphatic rings. The Labute approximate surface area is 165 Å². The van der Waals surface area contributed by atoms with Crippen LogP contribution >= 0.6 is 23.4 Å². The molecule has 1 N–H and O–H groups in total. The van der Waals surface area contributed by atoms with Crippen LogP contribution < -0.4 is 14.8 Å². The van der Waals surface area contributed by atoms with Crippen molar-refractivity contribution in [2.24, 2.45) is 0 Å². The minimum Gasteiger partial charge on any atom is -0.486 e. The Morgan fingerprint density at radius 1 is 1.30 bits per heavy atom. The Balaban J connectivity index is 1.48. The number of esters is 1. The number of anilines is 1. The van der Waals surface area contributed by atoms with E-state index < -0.39 is 18.0 Å². The predicted molar refractivity (Wildman–Crippen MR) is 102 cm³/mol. The fraction of sp³-hybridized carbons (Fsp3) is 0.278. The van der Waals surface area contributed by atoms with Gasteiger partial charge >= 0.3 is 5.97 Å². The lowest BCUT2D eigenvalue weighted by Crippen LogP contribution is -2.30. The van der Waals surface area contributed by atoms with Crippen LogP contribution in [0.5, 0.6) is 11.5 Å². The molecule has 0 saturated heterocycles. The summed E-state index contributed by atoms with van der Waals surface area (Å²) in [5, 5.41) is 2.74. The number of pyridine rings is 1. The zero-order valence-electron chi connectivity index (χ0n) is 14.4. The third kappa shape index (κ3) is 5.27. The second-order valence-electron chi connectivity index (χ2n) is 5.56. The van der Waals surface area contributed by atoms with E-state index in [4.69, 9.17) is 25.8 Å². The number of nitrogens with one attached hydrogen (secondary N) is 1. The molecule has 0 aliphatic carbocycles. The molecule has 0 unspecified atom stereocenters. The van der Waals surface area contributed by atoms with E-state index in [1.54, 1.807) is 18.2 Å². The van der Waals surface area contributed by atoms with Gasteiger partial charge in [-0.05, 0) is 37.3 Å². The topological polar surface area (TPSA) is 86.8 Å². The zero-order chi connectivity index (χ0) is 19.2. The standard InChI is InChI=1S/C18H17ClN2O5S/c1-11(18(23)21-13-3-2-6-20-17(13)19)26-16(22)10-27-12-4-5-14-15(9-12)25-8-7-24-14/h2-6,9,11H,7-8,10H2,1H3,(H,21,23)/t11-/m1/s1. The van der Waals surface area contributed by atoms with Gasteiger partial charge in [0.25, 0.3) is 5.91 Å². The van der Waals surface area contributed by atoms with Gasteiger partial charge in [-0.3, -0.25) is 9.59 Å². The predicted octanol–water partition coefficient (Wildman–Crippen LogP) is 3.17. The lowest BCUT2D eigenvalue weighted by atomic mass is 10.3. The molecule has 142 valence electrons. The van der Waals surface area contributed by atoms with Crippen molar-refractivity contribution in [3.63, 3.8) is 0 Å². The molecule has 0 radical (unpaired) electrons. The summed E-state index contributed by atoms with van der Waals surface area (Å²) in [4.78, 5) is 28.9. The second-order valence-corrected chi connectivity index (χ2v) is 6.96. The van der Waals surface area contributed by atoms with E-state index in [0.717, 1.165) is 4.90 Å². The number of hydrogen-bond donors (Lipinski definition) is 1. The quantitative estimate of drug-likeness (QED) is 0.446. The smallest absolute Gasteiger partial charge is 0.317 e. The summed E-state index contributed by atoms with van der Waals surface area (Å²) in [6, 6.07) is 8.70. The Hall–Kier alpha value is -2.45. The maximum Gasteiger partial charge on any atom is 0.317 e. The number of fused-ring (bicyclic) bond motifs is 1. The number of amides is 1. The van der Waals surface area contributed by atoms with Gasteiger partial charge in [0, 0.05) is 11.1 Å². The number of halogens is 1. The average Bonchev–Trinajstić information content (AvgIpc) is 2.68. The summed E-state index contributed by atoms with van der Waals surface area (Å²) in [6.45, 7) is 2.51. The molecule has 2 aromatic rings. The van der Waals surface area contributed by atoms with Gasteiger partial charge in [0.2, 0.25) is 0 Å². The van der Waals surface area contributed by atoms with Crippen LogP contribution in [0.1, 0.15) is 6.92 Å². The van der Waals surface area contributed by atoms with Crippen LogP contribution in [0, 0.1) is 0 Å². The Bertz CT molecular complexity index is 848. The summed E-state index contributed by atoms with van der Waals surface area (Å²) in [5.74, 6) is 0.413. The Morgan fingerprint density at radius 3 is 2.85 bits per heavy atom. The molecule has 7 nitrogen and oxygen atoms in total. The van der Waals surface area contributed by atoms with E-state index >= 15 is 0 Å². The summed E-state index contributed by atoms with van der Waals surface area (Å²) >= 11 is 7.18. The Morgan fingerprint density at radius 2 is 2.07 bits per heavy atom. The molecular formula is C18H17ClN2O5S. The minimum atomic E-state index is -0.963. The van der Waals surface area contributed by atoms with Crippen LogP contribution in [0.15, 0.2) is 41.4 Å². The molecule has 0 bridgehead atoms. The monoisotopic (exact) mass is 408 g/mol. The first-order valence-corrected chi connectivity index (χ1v) is 9.52. The van der Waals surface area contributed by atoms with Gasteiger partial charge in [0.15, 0.2) is 22.8 Å². The van der Waals surface area contributed by atoms with E-state index in [-0.39, 0.29) is 10.9 Å². The third-order valence-corrected chi connectivity index (χ3v) is 4.83. The molecule has 9 heteroatoms. The van der Waals surface area contributed by atoms with Gasteiger partial charge in [-0.2, -0.15) is 0 Å². The lowest BCUT2D eigenvalue weighted by Gasteiger charge is -2.18. The zero-order valence-corrected chi connectivity index (χ0v) is 16.0. The number of aromatic nitrogens is 1. The third-order valence-electron chi connectivity index (χ3n) is 3.56. The highest BCUT2D eigenvalue weighted by Gasteiger charge is 2.19. The summed E-state index contributed by atoms with van der Waals surface area (Å²) in [6.07, 6.45) is 0.547. The lowest BCUT2D eigenvalue weighted by molar-refractivity contribution is -0.150. The number of benzene rings is 1. The SMILES string of the molecule is C[C@@H](OC(=O)CSc1ccc2c(c1)OCCO2)C(=O)Nc1cccnc1Cl. The minimum absolute atomic E-state index is 0.0604. The van der Waals surface area contributed by atoms with E-state index in [9.17, 15) is 9.59 Å². The van der Waals surface area contributed by atoms with Crippen molar-refractivity contribution in [3.8, 4) is 11.5 Å². The molecule has 1 amide bonds. The van der Waals surface area contributed by atoms with Crippen LogP contribution in [0.4, 0.5) is 5.69 Å². The highest BCUT2D eigenvalue weighted by Crippen LogP contribution is 2.34. The normalized spacial score (nSPS) is 13.6. The van der Waals surface area contributed by atoms with Crippen LogP contribution in [-0.4, -0.2) is 41.9 Å². The van der Waals surface area contributed by atoms with Gasteiger partial charge in [-0.1, -0.05) is 11.6 Å². The van der Waals surface area contributed by atoms with Crippen molar-refractivity contribution >= 4 is 40.9 Å². The summed E-state index contributed by atoms with van der Waals surface area (Å²) in [7, 11) is 0. The van der Waals surface area contributed by atoms with E-state index in [1.807, 2.05) is 12.1 Å². The van der Waals surface area contributed by atoms with Gasteiger partial charge in [-0.25, -0.2) is 4.98 Å². The van der Waals surface area contributed by atoms with E-state index in [0.29, 0.717) is 30.4 Å². The highest BCUT2D eigenvalue weighted by molar-refractivity contribution is 8.00. The van der Waals surface area contributed by atoms with Crippen LogP contribution in [0.25, 0.3) is 0 Å². The average molecular weight is 409 g/mol. The van der Waals surface area contributed by atoms with Crippen LogP contribution in [0.2, 0.25) is 5.15 Å². The van der Waals surface area contributed by atoms with E-state index in [1.165, 1.54) is 24.9 Å². The molecule has 27 heavy (non-hydrogen) atoms. The van der Waals surface area contributed by atoms with Gasteiger partial charge in [0.1, 0.15) is 13.2 Å². The van der Waals surface area contributed by atoms with Crippen molar-refractivity contribution in [3.05, 3.63) is 41.7 Å². The number of ether oxygens (including phenoxy) is 3. The van der Waals surface area contributed by atoms with Crippen molar-refractivity contribution < 1.29 is 23.8 Å². The maximum atomic E-state index is 12.1. The molecule has 1 aromatic carbocycles. The summed E-state index contributed by atoms with van der Waals surface area (Å²) < 4.78 is 16.1. The number of hydrogen-bond acceptors (Lipinski definition) is 7. The molecule has 3 rings (SSSR count). The molecule has 0 saturated carbocycles. The number of thioether (sulfide) groups is 1. The van der Waals surface area contributed by atoms with Crippen LogP contribution in [-0.2, 0) is 14.3 Å². The number of carbonyl (C=O) groups excluding carboxylic acids is 2. The molecule has 1 atom stereocenters. The number of rotatable bonds is 6. The van der Waals surface area contributed by atoms with Crippen molar-refractivity contribution in [2.75, 3.05) is 24.3 Å². The first kappa shape index (κ1) is 19.3. The fourth-order valence-corrected chi connectivity index (χ4v) is 3.13. The Kier molecular flexibility index (Phi) is 6.41. The van der Waals surface area contributed by atoms with E-state index in [2.05, 4.69) is 10.3 Å².